The van der Waals surface area contributed by atoms with Crippen LogP contribution in [0.5, 0.6) is 0 Å². The van der Waals surface area contributed by atoms with Gasteiger partial charge in [-0.15, -0.1) is 0 Å². The van der Waals surface area contributed by atoms with Crippen molar-refractivity contribution in [2.45, 2.75) is 35.7 Å². The molecular weight excluding hydrogens is 570 g/mol. The van der Waals surface area contributed by atoms with E-state index in [2.05, 4.69) is 21.3 Å². The smallest absolute Gasteiger partial charge is 0.269 e. The van der Waals surface area contributed by atoms with Gasteiger partial charge in [-0.2, -0.15) is 0 Å². The summed E-state index contributed by atoms with van der Waals surface area (Å²) in [6, 6.07) is 28.8. The first-order chi connectivity index (χ1) is 20.3. The Kier molecular flexibility index (Phi) is 7.49. The number of anilines is 1. The molecule has 210 valence electrons. The summed E-state index contributed by atoms with van der Waals surface area (Å²) in [7, 11) is 0. The van der Waals surface area contributed by atoms with Gasteiger partial charge in [0, 0.05) is 45.2 Å². The number of hydrogen-bond acceptors (Lipinski definition) is 5. The number of thiocarbonyl (C=S) groups is 1. The number of pyridine rings is 1. The van der Waals surface area contributed by atoms with E-state index in [0.717, 1.165) is 38.1 Å². The number of non-ortho nitro benzene ring substituents is 1. The number of nitrogens with one attached hydrogen (secondary N) is 1. The van der Waals surface area contributed by atoms with Crippen molar-refractivity contribution in [3.05, 3.63) is 142 Å². The van der Waals surface area contributed by atoms with E-state index >= 15 is 0 Å². The van der Waals surface area contributed by atoms with E-state index < -0.39 is 4.92 Å². The number of aromatic nitrogens is 2. The Labute approximate surface area is 252 Å². The van der Waals surface area contributed by atoms with Crippen molar-refractivity contribution in [3.63, 3.8) is 0 Å². The van der Waals surface area contributed by atoms with Gasteiger partial charge in [0.1, 0.15) is 5.82 Å². The van der Waals surface area contributed by atoms with Crippen molar-refractivity contribution in [1.82, 2.24) is 14.9 Å². The first-order valence-electron chi connectivity index (χ1n) is 13.3. The fraction of sp³-hybridized carbons (Fsp3) is 0.125. The maximum Gasteiger partial charge on any atom is 0.269 e. The van der Waals surface area contributed by atoms with Gasteiger partial charge in [-0.25, -0.2) is 4.39 Å². The molecule has 0 bridgehead atoms. The Hall–Kier alpha value is -4.54. The quantitative estimate of drug-likeness (QED) is 0.117. The van der Waals surface area contributed by atoms with Crippen LogP contribution in [-0.2, 0) is 0 Å². The number of nitro groups is 1. The van der Waals surface area contributed by atoms with E-state index in [1.54, 1.807) is 30.5 Å². The number of benzene rings is 3. The van der Waals surface area contributed by atoms with Gasteiger partial charge in [-0.05, 0) is 98.4 Å². The first-order valence-corrected chi connectivity index (χ1v) is 14.5. The minimum atomic E-state index is -0.404. The van der Waals surface area contributed by atoms with Crippen LogP contribution in [0.25, 0.3) is 5.69 Å². The summed E-state index contributed by atoms with van der Waals surface area (Å²) in [5.41, 5.74) is 5.18. The fourth-order valence-electron chi connectivity index (χ4n) is 5.49. The zero-order chi connectivity index (χ0) is 29.4. The predicted molar refractivity (Wildman–Crippen MR) is 167 cm³/mol. The van der Waals surface area contributed by atoms with E-state index in [4.69, 9.17) is 12.2 Å². The summed E-state index contributed by atoms with van der Waals surface area (Å²) in [5, 5.41) is 15.1. The molecule has 42 heavy (non-hydrogen) atoms. The lowest BCUT2D eigenvalue weighted by Gasteiger charge is -2.28. The first kappa shape index (κ1) is 27.6. The van der Waals surface area contributed by atoms with Gasteiger partial charge in [0.05, 0.1) is 28.4 Å². The SMILES string of the molecule is Cc1cc([C@H]2[C@H](c3ccccn3)NC(=S)N2c2ccc(Sc3ccc([N+](=O)[O-])cc3)cc2)c(C)n1-c1ccccc1F. The maximum atomic E-state index is 14.9. The zero-order valence-corrected chi connectivity index (χ0v) is 24.4. The molecular formula is C32H26FN5O2S2. The molecule has 7 nitrogen and oxygen atoms in total. The van der Waals surface area contributed by atoms with Crippen LogP contribution in [0.2, 0.25) is 0 Å². The van der Waals surface area contributed by atoms with Crippen LogP contribution in [0, 0.1) is 29.8 Å². The van der Waals surface area contributed by atoms with E-state index in [1.165, 1.54) is 30.0 Å². The second-order valence-corrected chi connectivity index (χ2v) is 11.5. The van der Waals surface area contributed by atoms with E-state index in [1.807, 2.05) is 66.9 Å². The minimum Gasteiger partial charge on any atom is -0.351 e. The van der Waals surface area contributed by atoms with Crippen LogP contribution >= 0.6 is 24.0 Å². The Morgan fingerprint density at radius 2 is 1.62 bits per heavy atom. The topological polar surface area (TPSA) is 76.2 Å². The van der Waals surface area contributed by atoms with Crippen LogP contribution in [0.1, 0.15) is 34.7 Å². The Morgan fingerprint density at radius 3 is 2.26 bits per heavy atom. The van der Waals surface area contributed by atoms with Gasteiger partial charge in [-0.1, -0.05) is 30.0 Å². The average molecular weight is 596 g/mol. The van der Waals surface area contributed by atoms with Crippen LogP contribution in [0.15, 0.2) is 113 Å². The molecule has 1 saturated heterocycles. The Morgan fingerprint density at radius 1 is 0.952 bits per heavy atom. The lowest BCUT2D eigenvalue weighted by molar-refractivity contribution is -0.384. The molecule has 1 fully saturated rings. The number of nitro benzene ring substituents is 1. The third kappa shape index (κ3) is 5.15. The van der Waals surface area contributed by atoms with Crippen molar-refractivity contribution in [1.29, 1.82) is 0 Å². The molecule has 0 aliphatic carbocycles. The number of aryl methyl sites for hydroxylation is 1. The highest BCUT2D eigenvalue weighted by atomic mass is 32.2. The van der Waals surface area contributed by atoms with Gasteiger partial charge < -0.3 is 14.8 Å². The molecule has 0 spiro atoms. The number of nitrogens with zero attached hydrogens (tertiary/aromatic N) is 4. The molecule has 1 aliphatic heterocycles. The van der Waals surface area contributed by atoms with E-state index in [0.29, 0.717) is 10.8 Å². The van der Waals surface area contributed by atoms with E-state index in [9.17, 15) is 14.5 Å². The molecule has 2 atom stereocenters. The standard InChI is InChI=1S/C32H26FN5O2S2/c1-20-19-26(21(2)36(20)29-9-4-3-7-27(29)33)31-30(28-8-5-6-18-34-28)35-32(41)37(31)22-10-14-24(15-11-22)42-25-16-12-23(13-17-25)38(39)40/h3-19,30-31H,1-2H3,(H,35,41)/t30-,31-/m0/s1. The highest BCUT2D eigenvalue weighted by molar-refractivity contribution is 7.99. The second kappa shape index (κ2) is 11.4. The monoisotopic (exact) mass is 595 g/mol. The summed E-state index contributed by atoms with van der Waals surface area (Å²) < 4.78 is 16.9. The van der Waals surface area contributed by atoms with Crippen LogP contribution in [0.3, 0.4) is 0 Å². The summed E-state index contributed by atoms with van der Waals surface area (Å²) >= 11 is 7.43. The van der Waals surface area contributed by atoms with Crippen LogP contribution < -0.4 is 10.2 Å². The second-order valence-electron chi connectivity index (χ2n) is 9.96. The normalized spacial score (nSPS) is 16.5. The van der Waals surface area contributed by atoms with Crippen molar-refractivity contribution in [3.8, 4) is 5.69 Å². The predicted octanol–water partition coefficient (Wildman–Crippen LogP) is 7.86. The summed E-state index contributed by atoms with van der Waals surface area (Å²) in [6.45, 7) is 3.99. The lowest BCUT2D eigenvalue weighted by atomic mass is 9.96. The highest BCUT2D eigenvalue weighted by Gasteiger charge is 2.42. The molecule has 0 amide bonds. The summed E-state index contributed by atoms with van der Waals surface area (Å²) in [4.78, 5) is 19.2. The molecule has 2 aromatic heterocycles. The van der Waals surface area contributed by atoms with Gasteiger partial charge in [-0.3, -0.25) is 15.1 Å². The molecule has 6 rings (SSSR count). The third-order valence-corrected chi connectivity index (χ3v) is 8.71. The van der Waals surface area contributed by atoms with Crippen LogP contribution in [0.4, 0.5) is 15.8 Å². The summed E-state index contributed by atoms with van der Waals surface area (Å²) in [5.74, 6) is -0.287. The van der Waals surface area contributed by atoms with Crippen molar-refractivity contribution in [2.24, 2.45) is 0 Å². The number of para-hydroxylation sites is 1. The van der Waals surface area contributed by atoms with E-state index in [-0.39, 0.29) is 23.6 Å². The molecule has 3 heterocycles. The number of rotatable bonds is 7. The minimum absolute atomic E-state index is 0.0626. The average Bonchev–Trinajstić information content (AvgIpc) is 3.49. The van der Waals surface area contributed by atoms with Crippen molar-refractivity contribution in [2.75, 3.05) is 4.90 Å². The number of halogens is 1. The zero-order valence-electron chi connectivity index (χ0n) is 22.8. The van der Waals surface area contributed by atoms with Gasteiger partial charge >= 0.3 is 0 Å². The highest BCUT2D eigenvalue weighted by Crippen LogP contribution is 2.44. The van der Waals surface area contributed by atoms with Gasteiger partial charge in [0.15, 0.2) is 5.11 Å². The molecule has 0 saturated carbocycles. The van der Waals surface area contributed by atoms with Gasteiger partial charge in [0.2, 0.25) is 0 Å². The molecule has 0 unspecified atom stereocenters. The molecule has 3 aromatic carbocycles. The molecule has 1 aliphatic rings. The number of hydrogen-bond donors (Lipinski definition) is 1. The molecule has 5 aromatic rings. The molecule has 1 N–H and O–H groups in total. The van der Waals surface area contributed by atoms with Gasteiger partial charge in [0.25, 0.3) is 5.69 Å². The van der Waals surface area contributed by atoms with Crippen molar-refractivity contribution < 1.29 is 9.31 Å². The largest absolute Gasteiger partial charge is 0.351 e. The third-order valence-electron chi connectivity index (χ3n) is 7.38. The summed E-state index contributed by atoms with van der Waals surface area (Å²) in [6.07, 6.45) is 1.77. The lowest BCUT2D eigenvalue weighted by Crippen LogP contribution is -2.29. The molecule has 0 radical (unpaired) electrons. The fourth-order valence-corrected chi connectivity index (χ4v) is 6.65. The Bertz CT molecular complexity index is 1780. The van der Waals surface area contributed by atoms with Crippen molar-refractivity contribution >= 4 is 40.5 Å². The maximum absolute atomic E-state index is 14.9. The van der Waals surface area contributed by atoms with Crippen LogP contribution in [-0.4, -0.2) is 19.6 Å². The Balaban J connectivity index is 1.38. The molecule has 10 heteroatoms.